The summed E-state index contributed by atoms with van der Waals surface area (Å²) in [6.45, 7) is 3.90. The van der Waals surface area contributed by atoms with E-state index in [1.807, 2.05) is 19.9 Å². The molecule has 170 valence electrons. The number of nitrogens with one attached hydrogen (secondary N) is 2. The highest BCUT2D eigenvalue weighted by molar-refractivity contribution is 6.01. The number of carbonyl (C=O) groups excluding carboxylic acids is 1. The molecule has 3 N–H and O–H groups in total. The Bertz CT molecular complexity index is 1180. The largest absolute Gasteiger partial charge is 0.393 e. The first kappa shape index (κ1) is 22.0. The quantitative estimate of drug-likeness (QED) is 0.485. The third-order valence-electron chi connectivity index (χ3n) is 6.05. The average molecular weight is 439 g/mol. The van der Waals surface area contributed by atoms with Gasteiger partial charge >= 0.3 is 0 Å². The molecule has 1 saturated carbocycles. The van der Waals surface area contributed by atoms with E-state index in [1.165, 1.54) is 0 Å². The predicted molar refractivity (Wildman–Crippen MR) is 124 cm³/mol. The number of pyridine rings is 1. The summed E-state index contributed by atoms with van der Waals surface area (Å²) in [5.74, 6) is 1.23. The average Bonchev–Trinajstić information content (AvgIpc) is 3.18. The zero-order chi connectivity index (χ0) is 22.8. The van der Waals surface area contributed by atoms with E-state index in [2.05, 4.69) is 20.7 Å². The fourth-order valence-electron chi connectivity index (χ4n) is 4.37. The van der Waals surface area contributed by atoms with Gasteiger partial charge in [0.25, 0.3) is 5.56 Å². The Labute approximate surface area is 186 Å². The molecule has 0 saturated heterocycles. The van der Waals surface area contributed by atoms with Gasteiger partial charge in [0.2, 0.25) is 0 Å². The molecule has 3 heterocycles. The highest BCUT2D eigenvalue weighted by atomic mass is 16.3. The maximum absolute atomic E-state index is 13.1. The van der Waals surface area contributed by atoms with Crippen LogP contribution in [-0.4, -0.2) is 43.2 Å². The van der Waals surface area contributed by atoms with Crippen molar-refractivity contribution in [1.82, 2.24) is 19.2 Å². The Hall–Kier alpha value is -3.20. The Morgan fingerprint density at radius 3 is 2.88 bits per heavy atom. The Kier molecular flexibility index (Phi) is 6.27. The van der Waals surface area contributed by atoms with Gasteiger partial charge in [-0.3, -0.25) is 9.59 Å². The summed E-state index contributed by atoms with van der Waals surface area (Å²) in [4.78, 5) is 30.5. The standard InChI is InChI=1S/C23H30N6O3/c1-14(2)28-9-5-8-18(23(28)32)26-20-12-21(24-3)29-22(27-20)17(13-25-29)19(31)11-15-6-4-7-16(30)10-15/h5,8-9,12-16,24,30H,4,6-7,10-11H2,1-3H3,(H,26,27)/t15-,16-/m0/s1. The van der Waals surface area contributed by atoms with Gasteiger partial charge in [-0.2, -0.15) is 9.61 Å². The highest BCUT2D eigenvalue weighted by Gasteiger charge is 2.25. The van der Waals surface area contributed by atoms with Crippen LogP contribution in [0.4, 0.5) is 17.3 Å². The van der Waals surface area contributed by atoms with Gasteiger partial charge in [0.1, 0.15) is 17.3 Å². The molecule has 9 heteroatoms. The van der Waals surface area contributed by atoms with Crippen LogP contribution in [0.5, 0.6) is 0 Å². The molecular formula is C23H30N6O3. The van der Waals surface area contributed by atoms with Crippen LogP contribution in [0.15, 0.2) is 35.4 Å². The molecule has 0 bridgehead atoms. The van der Waals surface area contributed by atoms with E-state index < -0.39 is 0 Å². The second-order valence-electron chi connectivity index (χ2n) is 8.74. The first-order valence-corrected chi connectivity index (χ1v) is 11.1. The van der Waals surface area contributed by atoms with E-state index in [1.54, 1.807) is 40.7 Å². The van der Waals surface area contributed by atoms with Crippen LogP contribution in [0, 0.1) is 5.92 Å². The number of hydrogen-bond acceptors (Lipinski definition) is 7. The summed E-state index contributed by atoms with van der Waals surface area (Å²) in [6.07, 6.45) is 6.69. The van der Waals surface area contributed by atoms with Crippen molar-refractivity contribution in [2.75, 3.05) is 17.7 Å². The number of aliphatic hydroxyl groups is 1. The number of ketones is 1. The molecule has 3 aromatic rings. The molecule has 0 spiro atoms. The smallest absolute Gasteiger partial charge is 0.274 e. The van der Waals surface area contributed by atoms with Crippen molar-refractivity contribution >= 4 is 28.8 Å². The zero-order valence-corrected chi connectivity index (χ0v) is 18.7. The number of aliphatic hydroxyl groups excluding tert-OH is 1. The van der Waals surface area contributed by atoms with Crippen LogP contribution in [0.2, 0.25) is 0 Å². The van der Waals surface area contributed by atoms with Crippen molar-refractivity contribution in [2.45, 2.75) is 58.1 Å². The minimum absolute atomic E-state index is 0.0323. The van der Waals surface area contributed by atoms with Gasteiger partial charge in [-0.1, -0.05) is 6.42 Å². The zero-order valence-electron chi connectivity index (χ0n) is 18.7. The summed E-state index contributed by atoms with van der Waals surface area (Å²) in [7, 11) is 1.76. The minimum atomic E-state index is -0.323. The van der Waals surface area contributed by atoms with Gasteiger partial charge in [0, 0.05) is 31.8 Å². The maximum atomic E-state index is 13.1. The van der Waals surface area contributed by atoms with Crippen molar-refractivity contribution in [3.8, 4) is 0 Å². The van der Waals surface area contributed by atoms with Crippen molar-refractivity contribution in [3.05, 3.63) is 46.5 Å². The summed E-state index contributed by atoms with van der Waals surface area (Å²) in [5.41, 5.74) is 1.14. The minimum Gasteiger partial charge on any atom is -0.393 e. The molecule has 1 aliphatic carbocycles. The molecule has 0 amide bonds. The fraction of sp³-hybridized carbons (Fsp3) is 0.478. The summed E-state index contributed by atoms with van der Waals surface area (Å²) < 4.78 is 3.23. The third-order valence-corrected chi connectivity index (χ3v) is 6.05. The lowest BCUT2D eigenvalue weighted by Gasteiger charge is -2.25. The lowest BCUT2D eigenvalue weighted by atomic mass is 9.83. The van der Waals surface area contributed by atoms with Crippen LogP contribution >= 0.6 is 0 Å². The fourth-order valence-corrected chi connectivity index (χ4v) is 4.37. The van der Waals surface area contributed by atoms with Crippen LogP contribution in [-0.2, 0) is 0 Å². The molecule has 0 radical (unpaired) electrons. The first-order chi connectivity index (χ1) is 15.4. The number of fused-ring (bicyclic) bond motifs is 1. The second kappa shape index (κ2) is 9.12. The predicted octanol–water partition coefficient (Wildman–Crippen LogP) is 3.38. The van der Waals surface area contributed by atoms with E-state index in [4.69, 9.17) is 0 Å². The highest BCUT2D eigenvalue weighted by Crippen LogP contribution is 2.29. The Balaban J connectivity index is 1.66. The maximum Gasteiger partial charge on any atom is 0.274 e. The number of anilines is 3. The number of nitrogens with zero attached hydrogens (tertiary/aromatic N) is 4. The number of aromatic nitrogens is 4. The molecule has 9 nitrogen and oxygen atoms in total. The summed E-state index contributed by atoms with van der Waals surface area (Å²) in [5, 5.41) is 20.5. The molecule has 0 unspecified atom stereocenters. The summed E-state index contributed by atoms with van der Waals surface area (Å²) >= 11 is 0. The van der Waals surface area contributed by atoms with Crippen LogP contribution in [0.3, 0.4) is 0 Å². The topological polar surface area (TPSA) is 114 Å². The normalized spacial score (nSPS) is 18.8. The molecule has 2 atom stereocenters. The van der Waals surface area contributed by atoms with Crippen LogP contribution in [0.25, 0.3) is 5.65 Å². The van der Waals surface area contributed by atoms with E-state index in [9.17, 15) is 14.7 Å². The van der Waals surface area contributed by atoms with Crippen molar-refractivity contribution in [3.63, 3.8) is 0 Å². The molecule has 1 aliphatic rings. The lowest BCUT2D eigenvalue weighted by Crippen LogP contribution is -2.23. The summed E-state index contributed by atoms with van der Waals surface area (Å²) in [6, 6.07) is 5.30. The molecule has 0 aromatic carbocycles. The van der Waals surface area contributed by atoms with Crippen molar-refractivity contribution < 1.29 is 9.90 Å². The number of carbonyl (C=O) groups is 1. The number of hydrogen-bond donors (Lipinski definition) is 3. The monoisotopic (exact) mass is 438 g/mol. The van der Waals surface area contributed by atoms with E-state index in [-0.39, 0.29) is 29.4 Å². The van der Waals surface area contributed by atoms with Gasteiger partial charge in [-0.05, 0) is 51.2 Å². The number of rotatable bonds is 7. The molecule has 1 fully saturated rings. The molecular weight excluding hydrogens is 408 g/mol. The van der Waals surface area contributed by atoms with Crippen LogP contribution in [0.1, 0.15) is 62.4 Å². The molecule has 0 aliphatic heterocycles. The van der Waals surface area contributed by atoms with E-state index in [0.717, 1.165) is 19.3 Å². The molecule has 4 rings (SSSR count). The van der Waals surface area contributed by atoms with Gasteiger partial charge < -0.3 is 20.3 Å². The number of Topliss-reactive ketones (excluding diaryl/α,β-unsaturated/α-hetero) is 1. The van der Waals surface area contributed by atoms with Crippen molar-refractivity contribution in [1.29, 1.82) is 0 Å². The third kappa shape index (κ3) is 4.38. The van der Waals surface area contributed by atoms with E-state index in [0.29, 0.717) is 41.4 Å². The van der Waals surface area contributed by atoms with Gasteiger partial charge in [0.05, 0.1) is 17.9 Å². The van der Waals surface area contributed by atoms with Crippen LogP contribution < -0.4 is 16.2 Å². The lowest BCUT2D eigenvalue weighted by molar-refractivity contribution is 0.0825. The second-order valence-corrected chi connectivity index (χ2v) is 8.74. The van der Waals surface area contributed by atoms with Gasteiger partial charge in [0.15, 0.2) is 11.4 Å². The van der Waals surface area contributed by atoms with E-state index >= 15 is 0 Å². The molecule has 32 heavy (non-hydrogen) atoms. The Morgan fingerprint density at radius 2 is 2.16 bits per heavy atom. The van der Waals surface area contributed by atoms with Gasteiger partial charge in [-0.15, -0.1) is 0 Å². The van der Waals surface area contributed by atoms with Gasteiger partial charge in [-0.25, -0.2) is 4.98 Å². The van der Waals surface area contributed by atoms with Crippen molar-refractivity contribution in [2.24, 2.45) is 5.92 Å². The first-order valence-electron chi connectivity index (χ1n) is 11.1. The molecule has 3 aromatic heterocycles. The Morgan fingerprint density at radius 1 is 1.34 bits per heavy atom. The SMILES string of the molecule is CNc1cc(Nc2cccn(C(C)C)c2=O)nc2c(C(=O)C[C@H]3CCC[C@H](O)C3)cnn12.